The molecular weight excluding hydrogens is 360 g/mol. The molecule has 1 aliphatic heterocycles. The topological polar surface area (TPSA) is 88.7 Å². The normalized spacial score (nSPS) is 12.1. The maximum Gasteiger partial charge on any atom is 0.373 e. The highest BCUT2D eigenvalue weighted by molar-refractivity contribution is 7.73. The predicted octanol–water partition coefficient (Wildman–Crippen LogP) is 1.43. The van der Waals surface area contributed by atoms with E-state index < -0.39 is 0 Å². The highest BCUT2D eigenvalue weighted by Gasteiger charge is 2.24. The molecule has 0 aliphatic carbocycles. The molecule has 0 fully saturated rings. The van der Waals surface area contributed by atoms with E-state index >= 15 is 0 Å². The van der Waals surface area contributed by atoms with Crippen LogP contribution in [0.5, 0.6) is 5.88 Å². The van der Waals surface area contributed by atoms with Crippen LogP contribution in [0, 0.1) is 3.95 Å². The molecule has 2 aromatic rings. The van der Waals surface area contributed by atoms with Crippen molar-refractivity contribution < 1.29 is 19.5 Å². The van der Waals surface area contributed by atoms with Gasteiger partial charge in [-0.1, -0.05) is 11.6 Å². The molecule has 1 aromatic heterocycles. The van der Waals surface area contributed by atoms with E-state index in [9.17, 15) is 9.90 Å². The Hall–Kier alpha value is -2.12. The number of rotatable bonds is 2. The van der Waals surface area contributed by atoms with Gasteiger partial charge < -0.3 is 5.11 Å². The highest BCUT2D eigenvalue weighted by Crippen LogP contribution is 2.32. The SMILES string of the molecule is CCn1c(O)c(C2=c3cc(Cl)ccc3=NC2=O)sc1=S.O=C=O. The molecule has 2 heterocycles. The van der Waals surface area contributed by atoms with Gasteiger partial charge in [-0.05, 0) is 37.3 Å². The number of benzene rings is 1. The van der Waals surface area contributed by atoms with E-state index in [1.165, 1.54) is 11.3 Å². The summed E-state index contributed by atoms with van der Waals surface area (Å²) in [6.45, 7) is 2.42. The fraction of sp³-hybridized carbons (Fsp3) is 0.143. The smallest absolute Gasteiger partial charge is 0.373 e. The summed E-state index contributed by atoms with van der Waals surface area (Å²) >= 11 is 12.4. The van der Waals surface area contributed by atoms with Crippen LogP contribution in [0.2, 0.25) is 5.02 Å². The van der Waals surface area contributed by atoms with Gasteiger partial charge in [0.2, 0.25) is 5.88 Å². The molecule has 118 valence electrons. The summed E-state index contributed by atoms with van der Waals surface area (Å²) in [5.41, 5.74) is 0.364. The van der Waals surface area contributed by atoms with Crippen LogP contribution in [0.15, 0.2) is 23.2 Å². The molecule has 1 N–H and O–H groups in total. The van der Waals surface area contributed by atoms with E-state index in [0.717, 1.165) is 0 Å². The van der Waals surface area contributed by atoms with E-state index in [1.54, 1.807) is 22.8 Å². The van der Waals surface area contributed by atoms with Crippen molar-refractivity contribution >= 4 is 52.8 Å². The zero-order chi connectivity index (χ0) is 17.1. The lowest BCUT2D eigenvalue weighted by molar-refractivity contribution is -0.191. The van der Waals surface area contributed by atoms with Crippen LogP contribution in [0.4, 0.5) is 0 Å². The summed E-state index contributed by atoms with van der Waals surface area (Å²) in [7, 11) is 0. The first-order chi connectivity index (χ1) is 10.9. The summed E-state index contributed by atoms with van der Waals surface area (Å²) in [5, 5.41) is 12.0. The molecule has 1 aliphatic rings. The minimum Gasteiger partial charge on any atom is -0.493 e. The molecule has 9 heteroatoms. The molecule has 0 unspecified atom stereocenters. The van der Waals surface area contributed by atoms with Gasteiger partial charge in [0.1, 0.15) is 4.88 Å². The van der Waals surface area contributed by atoms with Crippen molar-refractivity contribution in [3.8, 4) is 5.88 Å². The van der Waals surface area contributed by atoms with E-state index in [2.05, 4.69) is 4.99 Å². The summed E-state index contributed by atoms with van der Waals surface area (Å²) < 4.78 is 2.11. The minimum atomic E-state index is -0.378. The second-order valence-electron chi connectivity index (χ2n) is 4.30. The first-order valence-corrected chi connectivity index (χ1v) is 7.90. The van der Waals surface area contributed by atoms with Gasteiger partial charge in [-0.3, -0.25) is 9.36 Å². The fourth-order valence-corrected chi connectivity index (χ4v) is 3.78. The van der Waals surface area contributed by atoms with Crippen molar-refractivity contribution in [3.05, 3.63) is 42.6 Å². The molecule has 6 nitrogen and oxygen atoms in total. The minimum absolute atomic E-state index is 0.00822. The van der Waals surface area contributed by atoms with Gasteiger partial charge in [-0.2, -0.15) is 9.59 Å². The zero-order valence-corrected chi connectivity index (χ0v) is 14.1. The molecule has 0 radical (unpaired) electrons. The number of halogens is 1. The van der Waals surface area contributed by atoms with E-state index in [0.29, 0.717) is 36.5 Å². The molecule has 0 spiro atoms. The average molecular weight is 369 g/mol. The van der Waals surface area contributed by atoms with Crippen LogP contribution in [-0.2, 0) is 20.9 Å². The quantitative estimate of drug-likeness (QED) is 0.810. The molecule has 0 saturated heterocycles. The van der Waals surface area contributed by atoms with Crippen LogP contribution in [-0.4, -0.2) is 21.7 Å². The first kappa shape index (κ1) is 17.2. The van der Waals surface area contributed by atoms with Crippen molar-refractivity contribution in [1.29, 1.82) is 0 Å². The number of hydrogen-bond donors (Lipinski definition) is 1. The second kappa shape index (κ2) is 6.97. The third-order valence-corrected chi connectivity index (χ3v) is 4.77. The van der Waals surface area contributed by atoms with Gasteiger partial charge in [-0.15, -0.1) is 11.3 Å². The number of fused-ring (bicyclic) bond motifs is 1. The van der Waals surface area contributed by atoms with Crippen LogP contribution in [0.3, 0.4) is 0 Å². The Kier molecular flexibility index (Phi) is 5.23. The summed E-state index contributed by atoms with van der Waals surface area (Å²) in [4.78, 5) is 32.8. The monoisotopic (exact) mass is 368 g/mol. The largest absolute Gasteiger partial charge is 0.493 e. The summed E-state index contributed by atoms with van der Waals surface area (Å²) in [5.74, 6) is -0.369. The lowest BCUT2D eigenvalue weighted by atomic mass is 10.1. The Morgan fingerprint density at radius 3 is 2.65 bits per heavy atom. The number of thiazole rings is 1. The zero-order valence-electron chi connectivity index (χ0n) is 11.7. The number of aromatic hydroxyl groups is 1. The third-order valence-electron chi connectivity index (χ3n) is 3.08. The molecule has 23 heavy (non-hydrogen) atoms. The van der Waals surface area contributed by atoms with E-state index in [4.69, 9.17) is 33.4 Å². The standard InChI is InChI=1S/C13H9ClN2O2S2.CO2/c1-2-16-12(18)10(20-13(16)19)9-7-5-6(14)3-4-8(7)15-11(9)17;2-1-3/h3-5,18H,2H2,1H3;. The number of carbonyl (C=O) groups excluding carboxylic acids is 3. The third kappa shape index (κ3) is 3.16. The van der Waals surface area contributed by atoms with Crippen molar-refractivity contribution in [2.75, 3.05) is 0 Å². The number of amides is 1. The number of aromatic nitrogens is 1. The van der Waals surface area contributed by atoms with Crippen LogP contribution >= 0.6 is 35.2 Å². The first-order valence-electron chi connectivity index (χ1n) is 6.29. The molecule has 1 aromatic carbocycles. The Bertz CT molecular complexity index is 1000. The summed E-state index contributed by atoms with van der Waals surface area (Å²) in [6.07, 6.45) is 0.250. The van der Waals surface area contributed by atoms with Crippen LogP contribution in [0.1, 0.15) is 11.8 Å². The van der Waals surface area contributed by atoms with Gasteiger partial charge in [0.05, 0.1) is 10.9 Å². The molecule has 3 rings (SSSR count). The molecule has 0 saturated carbocycles. The lowest BCUT2D eigenvalue weighted by Crippen LogP contribution is -2.22. The van der Waals surface area contributed by atoms with Crippen LogP contribution < -0.4 is 10.6 Å². The summed E-state index contributed by atoms with van der Waals surface area (Å²) in [6, 6.07) is 5.05. The van der Waals surface area contributed by atoms with Crippen molar-refractivity contribution in [2.24, 2.45) is 4.99 Å². The second-order valence-corrected chi connectivity index (χ2v) is 6.38. The number of carbonyl (C=O) groups is 1. The Labute approximate surface area is 144 Å². The average Bonchev–Trinajstić information content (AvgIpc) is 2.95. The van der Waals surface area contributed by atoms with Gasteiger partial charge in [0, 0.05) is 16.8 Å². The highest BCUT2D eigenvalue weighted by atomic mass is 35.5. The molecule has 1 amide bonds. The Balaban J connectivity index is 0.000000595. The maximum atomic E-state index is 12.1. The molecular formula is C14H9ClN2O4S2. The maximum absolute atomic E-state index is 12.1. The Morgan fingerprint density at radius 2 is 2.09 bits per heavy atom. The van der Waals surface area contributed by atoms with Gasteiger partial charge in [0.25, 0.3) is 5.91 Å². The fourth-order valence-electron chi connectivity index (χ4n) is 2.14. The van der Waals surface area contributed by atoms with Crippen molar-refractivity contribution in [1.82, 2.24) is 4.57 Å². The Morgan fingerprint density at radius 1 is 1.43 bits per heavy atom. The molecule has 0 bridgehead atoms. The van der Waals surface area contributed by atoms with Gasteiger partial charge in [0.15, 0.2) is 3.95 Å². The van der Waals surface area contributed by atoms with Gasteiger partial charge in [-0.25, -0.2) is 4.99 Å². The van der Waals surface area contributed by atoms with Crippen molar-refractivity contribution in [3.63, 3.8) is 0 Å². The molecule has 0 atom stereocenters. The number of nitrogens with zero attached hydrogens (tertiary/aromatic N) is 2. The van der Waals surface area contributed by atoms with E-state index in [1.807, 2.05) is 6.92 Å². The van der Waals surface area contributed by atoms with Crippen LogP contribution in [0.25, 0.3) is 5.57 Å². The van der Waals surface area contributed by atoms with E-state index in [-0.39, 0.29) is 17.9 Å². The van der Waals surface area contributed by atoms with Crippen molar-refractivity contribution in [2.45, 2.75) is 13.5 Å². The number of hydrogen-bond acceptors (Lipinski definition) is 6. The van der Waals surface area contributed by atoms with Gasteiger partial charge >= 0.3 is 6.15 Å². The predicted molar refractivity (Wildman–Crippen MR) is 85.2 cm³/mol. The lowest BCUT2D eigenvalue weighted by Gasteiger charge is -2.01.